The lowest BCUT2D eigenvalue weighted by atomic mass is 10.1. The van der Waals surface area contributed by atoms with E-state index in [9.17, 15) is 9.59 Å². The van der Waals surface area contributed by atoms with Crippen LogP contribution in [-0.2, 0) is 9.59 Å². The molecule has 0 unspecified atom stereocenters. The fourth-order valence-corrected chi connectivity index (χ4v) is 0.598. The quantitative estimate of drug-likeness (QED) is 0.548. The van der Waals surface area contributed by atoms with Crippen molar-refractivity contribution in [3.05, 3.63) is 4.98 Å². The Labute approximate surface area is 69.0 Å². The molecule has 66 valence electrons. The first-order valence-electron chi connectivity index (χ1n) is 3.39. The normalized spacial score (nSPS) is 11.7. The molecular formula is C6H10N3O3+. The summed E-state index contributed by atoms with van der Waals surface area (Å²) in [5, 5.41) is 16.3. The molecule has 0 rings (SSSR count). The summed E-state index contributed by atoms with van der Waals surface area (Å²) in [7, 11) is 0. The number of nitrogens with two attached hydrogens (primary N) is 1. The summed E-state index contributed by atoms with van der Waals surface area (Å²) in [5.74, 6) is -1.46. The van der Waals surface area contributed by atoms with Gasteiger partial charge in [-0.1, -0.05) is 0 Å². The first-order valence-corrected chi connectivity index (χ1v) is 3.39. The maximum Gasteiger partial charge on any atom is 0.362 e. The molecule has 0 saturated heterocycles. The Morgan fingerprint density at radius 1 is 1.58 bits per heavy atom. The van der Waals surface area contributed by atoms with Gasteiger partial charge in [-0.3, -0.25) is 9.59 Å². The minimum atomic E-state index is -1.14. The first kappa shape index (κ1) is 10.5. The van der Waals surface area contributed by atoms with E-state index in [0.717, 1.165) is 0 Å². The summed E-state index contributed by atoms with van der Waals surface area (Å²) in [5.41, 5.74) is 5.12. The Morgan fingerprint density at radius 2 is 2.17 bits per heavy atom. The summed E-state index contributed by atoms with van der Waals surface area (Å²) in [6, 6.07) is -1.02. The molecular weight excluding hydrogens is 162 g/mol. The predicted octanol–water partition coefficient (Wildman–Crippen LogP) is -0.399. The number of nitrogens with zero attached hydrogens (tertiary/aromatic N) is 2. The molecule has 1 atom stereocenters. The van der Waals surface area contributed by atoms with Gasteiger partial charge < -0.3 is 10.8 Å². The molecule has 0 aromatic carbocycles. The first-order chi connectivity index (χ1) is 5.57. The van der Waals surface area contributed by atoms with Crippen molar-refractivity contribution in [3.8, 4) is 0 Å². The SMILES string of the molecule is N#[N+]CC(=O)CC[C@H](N)C(=O)O. The van der Waals surface area contributed by atoms with E-state index in [4.69, 9.17) is 16.2 Å². The minimum Gasteiger partial charge on any atom is -0.480 e. The van der Waals surface area contributed by atoms with Crippen LogP contribution in [-0.4, -0.2) is 29.4 Å². The van der Waals surface area contributed by atoms with Crippen molar-refractivity contribution in [2.24, 2.45) is 5.73 Å². The zero-order valence-corrected chi connectivity index (χ0v) is 6.43. The van der Waals surface area contributed by atoms with Crippen LogP contribution in [0.4, 0.5) is 0 Å². The van der Waals surface area contributed by atoms with Gasteiger partial charge in [-0.15, -0.1) is 0 Å². The van der Waals surface area contributed by atoms with E-state index < -0.39 is 12.0 Å². The molecule has 3 N–H and O–H groups in total. The molecule has 12 heavy (non-hydrogen) atoms. The van der Waals surface area contributed by atoms with E-state index in [2.05, 4.69) is 4.98 Å². The van der Waals surface area contributed by atoms with Crippen LogP contribution in [0.5, 0.6) is 0 Å². The molecule has 6 nitrogen and oxygen atoms in total. The molecule has 6 heteroatoms. The van der Waals surface area contributed by atoms with Gasteiger partial charge in [0.1, 0.15) is 11.0 Å². The van der Waals surface area contributed by atoms with Crippen molar-refractivity contribution >= 4 is 11.8 Å². The van der Waals surface area contributed by atoms with Crippen molar-refractivity contribution in [1.29, 1.82) is 5.39 Å². The Balaban J connectivity index is 3.63. The van der Waals surface area contributed by atoms with Crippen LogP contribution < -0.4 is 5.73 Å². The highest BCUT2D eigenvalue weighted by Crippen LogP contribution is 1.96. The number of hydrogen-bond acceptors (Lipinski definition) is 4. The lowest BCUT2D eigenvalue weighted by molar-refractivity contribution is -0.138. The van der Waals surface area contributed by atoms with Gasteiger partial charge in [0.25, 0.3) is 0 Å². The number of carboxylic acids is 1. The summed E-state index contributed by atoms with van der Waals surface area (Å²) in [6.07, 6.45) is 0.0984. The summed E-state index contributed by atoms with van der Waals surface area (Å²) in [4.78, 5) is 23.4. The highest BCUT2D eigenvalue weighted by Gasteiger charge is 2.15. The fourth-order valence-electron chi connectivity index (χ4n) is 0.598. The molecule has 0 fully saturated rings. The fraction of sp³-hybridized carbons (Fsp3) is 0.667. The van der Waals surface area contributed by atoms with E-state index in [0.29, 0.717) is 0 Å². The predicted molar refractivity (Wildman–Crippen MR) is 39.8 cm³/mol. The second-order valence-corrected chi connectivity index (χ2v) is 2.32. The zero-order chi connectivity index (χ0) is 9.56. The van der Waals surface area contributed by atoms with Gasteiger partial charge >= 0.3 is 12.5 Å². The second kappa shape index (κ2) is 5.21. The van der Waals surface area contributed by atoms with Gasteiger partial charge in [0.05, 0.1) is 0 Å². The number of aliphatic carboxylic acids is 1. The minimum absolute atomic E-state index is 0.0253. The Morgan fingerprint density at radius 3 is 2.58 bits per heavy atom. The molecule has 0 aliphatic heterocycles. The van der Waals surface area contributed by atoms with Crippen molar-refractivity contribution in [1.82, 2.24) is 0 Å². The second-order valence-electron chi connectivity index (χ2n) is 2.32. The van der Waals surface area contributed by atoms with Gasteiger partial charge in [-0.25, -0.2) is 0 Å². The average molecular weight is 172 g/mol. The molecule has 0 aromatic rings. The van der Waals surface area contributed by atoms with Crippen LogP contribution in [0, 0.1) is 5.39 Å². The molecule has 0 spiro atoms. The highest BCUT2D eigenvalue weighted by molar-refractivity contribution is 5.82. The molecule has 0 radical (unpaired) electrons. The number of carbonyl (C=O) groups is 2. The van der Waals surface area contributed by atoms with Gasteiger partial charge in [-0.05, 0) is 6.42 Å². The maximum atomic E-state index is 10.7. The number of diazo groups is 1. The Bertz CT molecular complexity index is 221. The van der Waals surface area contributed by atoms with Crippen LogP contribution in [0.3, 0.4) is 0 Å². The number of Topliss-reactive ketones (excluding diaryl/α,β-unsaturated/α-hetero) is 1. The Kier molecular flexibility index (Phi) is 4.57. The van der Waals surface area contributed by atoms with Crippen molar-refractivity contribution in [3.63, 3.8) is 0 Å². The van der Waals surface area contributed by atoms with Gasteiger partial charge in [0, 0.05) is 6.42 Å². The third kappa shape index (κ3) is 4.35. The van der Waals surface area contributed by atoms with Crippen molar-refractivity contribution in [2.45, 2.75) is 18.9 Å². The van der Waals surface area contributed by atoms with E-state index in [1.807, 2.05) is 0 Å². The molecule has 0 saturated carbocycles. The summed E-state index contributed by atoms with van der Waals surface area (Å²) < 4.78 is 0. The lowest BCUT2D eigenvalue weighted by Crippen LogP contribution is -2.30. The van der Waals surface area contributed by atoms with Crippen LogP contribution in [0.1, 0.15) is 12.8 Å². The number of rotatable bonds is 5. The molecule has 0 aromatic heterocycles. The van der Waals surface area contributed by atoms with Gasteiger partial charge in [-0.2, -0.15) is 0 Å². The number of hydrogen-bond donors (Lipinski definition) is 2. The summed E-state index contributed by atoms with van der Waals surface area (Å²) in [6.45, 7) is -0.299. The van der Waals surface area contributed by atoms with Gasteiger partial charge in [0.15, 0.2) is 0 Å². The monoisotopic (exact) mass is 172 g/mol. The highest BCUT2D eigenvalue weighted by atomic mass is 16.4. The topological polar surface area (TPSA) is 109 Å². The van der Waals surface area contributed by atoms with Crippen LogP contribution in [0.25, 0.3) is 4.98 Å². The molecule has 0 amide bonds. The molecule has 0 aliphatic carbocycles. The summed E-state index contributed by atoms with van der Waals surface area (Å²) >= 11 is 0. The van der Waals surface area contributed by atoms with E-state index in [1.54, 1.807) is 0 Å². The van der Waals surface area contributed by atoms with E-state index in [1.165, 1.54) is 0 Å². The van der Waals surface area contributed by atoms with Crippen molar-refractivity contribution in [2.75, 3.05) is 6.54 Å². The smallest absolute Gasteiger partial charge is 0.362 e. The van der Waals surface area contributed by atoms with Crippen LogP contribution in [0.15, 0.2) is 0 Å². The third-order valence-electron chi connectivity index (χ3n) is 1.30. The number of carbonyl (C=O) groups excluding carboxylic acids is 1. The standard InChI is InChI=1S/C6H9N3O3/c7-5(6(11)12)2-1-4(10)3-9-8/h5H,1-3,7H2/p+1/t5-/m0/s1. The molecule has 0 aliphatic rings. The maximum absolute atomic E-state index is 10.7. The third-order valence-corrected chi connectivity index (χ3v) is 1.30. The molecule has 0 heterocycles. The number of ketones is 1. The molecule has 0 bridgehead atoms. The van der Waals surface area contributed by atoms with Gasteiger partial charge in [0.2, 0.25) is 11.2 Å². The Hall–Kier alpha value is -1.48. The van der Waals surface area contributed by atoms with Crippen LogP contribution >= 0.6 is 0 Å². The largest absolute Gasteiger partial charge is 0.480 e. The average Bonchev–Trinajstić information content (AvgIpc) is 2.00. The van der Waals surface area contributed by atoms with E-state index in [-0.39, 0.29) is 25.2 Å². The van der Waals surface area contributed by atoms with Crippen molar-refractivity contribution < 1.29 is 14.7 Å². The van der Waals surface area contributed by atoms with Crippen LogP contribution in [0.2, 0.25) is 0 Å². The number of carboxylic acid groups (broad SMARTS) is 1. The zero-order valence-electron chi connectivity index (χ0n) is 6.43. The lowest BCUT2D eigenvalue weighted by Gasteiger charge is -2.01. The van der Waals surface area contributed by atoms with E-state index >= 15 is 0 Å².